The van der Waals surface area contributed by atoms with E-state index in [-0.39, 0.29) is 0 Å². The lowest BCUT2D eigenvalue weighted by Gasteiger charge is -2.06. The molecule has 4 heteroatoms. The van der Waals surface area contributed by atoms with Crippen molar-refractivity contribution < 1.29 is 0 Å². The monoisotopic (exact) mass is 360 g/mol. The molecule has 0 unspecified atom stereocenters. The van der Waals surface area contributed by atoms with Crippen LogP contribution in [0, 0.1) is 0 Å². The van der Waals surface area contributed by atoms with E-state index in [4.69, 9.17) is 0 Å². The summed E-state index contributed by atoms with van der Waals surface area (Å²) in [4.78, 5) is 8.73. The highest BCUT2D eigenvalue weighted by molar-refractivity contribution is 5.81. The normalized spacial score (nSPS) is 12.0. The van der Waals surface area contributed by atoms with E-state index in [0.717, 1.165) is 39.4 Å². The predicted molar refractivity (Wildman–Crippen MR) is 113 cm³/mol. The molecule has 4 nitrogen and oxygen atoms in total. The third-order valence-corrected chi connectivity index (χ3v) is 4.68. The summed E-state index contributed by atoms with van der Waals surface area (Å²) in [5.41, 5.74) is 8.17. The van der Waals surface area contributed by atoms with Gasteiger partial charge in [0.05, 0.1) is 29.0 Å². The van der Waals surface area contributed by atoms with Gasteiger partial charge in [0.15, 0.2) is 0 Å². The van der Waals surface area contributed by atoms with Crippen molar-refractivity contribution in [1.82, 2.24) is 4.98 Å². The van der Waals surface area contributed by atoms with Gasteiger partial charge in [0.1, 0.15) is 0 Å². The van der Waals surface area contributed by atoms with Crippen LogP contribution in [0.1, 0.15) is 5.69 Å². The van der Waals surface area contributed by atoms with Crippen molar-refractivity contribution in [3.8, 4) is 22.3 Å². The Morgan fingerprint density at radius 2 is 1.43 bits per heavy atom. The predicted octanol–water partition coefficient (Wildman–Crippen LogP) is 6.90. The number of aromatic nitrogens is 1. The van der Waals surface area contributed by atoms with E-state index in [9.17, 15) is 0 Å². The number of aliphatic imine (C=N–C) groups is 1. The Labute approximate surface area is 163 Å². The quantitative estimate of drug-likeness (QED) is 0.322. The van der Waals surface area contributed by atoms with Gasteiger partial charge >= 0.3 is 0 Å². The number of hydrogen-bond donors (Lipinski definition) is 0. The van der Waals surface area contributed by atoms with Crippen LogP contribution in [-0.2, 0) is 0 Å². The number of azo groups is 1. The molecule has 0 radical (unpaired) electrons. The summed E-state index contributed by atoms with van der Waals surface area (Å²) in [5, 5.41) is 8.32. The molecule has 0 aliphatic carbocycles. The van der Waals surface area contributed by atoms with E-state index >= 15 is 0 Å². The maximum absolute atomic E-state index is 4.48. The van der Waals surface area contributed by atoms with E-state index in [0.29, 0.717) is 0 Å². The van der Waals surface area contributed by atoms with Gasteiger partial charge in [-0.1, -0.05) is 42.5 Å². The fourth-order valence-electron chi connectivity index (χ4n) is 3.20. The van der Waals surface area contributed by atoms with E-state index in [2.05, 4.69) is 62.7 Å². The number of pyridine rings is 1. The zero-order valence-corrected chi connectivity index (χ0v) is 15.0. The molecule has 1 aromatic heterocycles. The second-order valence-electron chi connectivity index (χ2n) is 6.54. The van der Waals surface area contributed by atoms with Gasteiger partial charge in [0.2, 0.25) is 0 Å². The van der Waals surface area contributed by atoms with Crippen LogP contribution in [0.5, 0.6) is 0 Å². The van der Waals surface area contributed by atoms with Crippen LogP contribution in [-0.4, -0.2) is 11.2 Å². The molecule has 28 heavy (non-hydrogen) atoms. The van der Waals surface area contributed by atoms with Gasteiger partial charge in [-0.3, -0.25) is 9.98 Å². The number of benzene rings is 3. The third kappa shape index (κ3) is 3.23. The molecule has 1 aliphatic rings. The molecular weight excluding hydrogens is 344 g/mol. The highest BCUT2D eigenvalue weighted by atomic mass is 15.1. The minimum Gasteiger partial charge on any atom is -0.255 e. The highest BCUT2D eigenvalue weighted by Crippen LogP contribution is 2.39. The van der Waals surface area contributed by atoms with Gasteiger partial charge in [-0.15, -0.1) is 5.11 Å². The zero-order chi connectivity index (χ0) is 18.8. The molecule has 0 amide bonds. The van der Waals surface area contributed by atoms with Crippen LogP contribution in [0.15, 0.2) is 106 Å². The maximum atomic E-state index is 4.48. The van der Waals surface area contributed by atoms with Gasteiger partial charge < -0.3 is 0 Å². The lowest BCUT2D eigenvalue weighted by atomic mass is 9.99. The minimum atomic E-state index is 0.845. The van der Waals surface area contributed by atoms with Crippen LogP contribution < -0.4 is 0 Å². The molecular formula is C24H16N4. The second-order valence-corrected chi connectivity index (χ2v) is 6.54. The van der Waals surface area contributed by atoms with Crippen LogP contribution >= 0.6 is 0 Å². The number of nitrogens with zero attached hydrogens (tertiary/aromatic N) is 4. The zero-order valence-electron chi connectivity index (χ0n) is 15.0. The van der Waals surface area contributed by atoms with Crippen molar-refractivity contribution >= 4 is 23.3 Å². The van der Waals surface area contributed by atoms with Crippen molar-refractivity contribution in [3.63, 3.8) is 0 Å². The summed E-state index contributed by atoms with van der Waals surface area (Å²) in [7, 11) is 0. The smallest absolute Gasteiger partial charge is 0.0957 e. The molecule has 2 heterocycles. The molecule has 0 spiro atoms. The molecule has 0 fully saturated rings. The molecule has 3 aromatic carbocycles. The summed E-state index contributed by atoms with van der Waals surface area (Å²) in [6.07, 6.45) is 3.54. The number of fused-ring (bicyclic) bond motifs is 2. The van der Waals surface area contributed by atoms with Crippen molar-refractivity contribution in [2.45, 2.75) is 0 Å². The summed E-state index contributed by atoms with van der Waals surface area (Å²) in [6, 6.07) is 28.6. The maximum Gasteiger partial charge on any atom is 0.0957 e. The third-order valence-electron chi connectivity index (χ3n) is 4.68. The molecule has 2 bridgehead atoms. The fraction of sp³-hybridized carbons (Fsp3) is 0. The summed E-state index contributed by atoms with van der Waals surface area (Å²) < 4.78 is 0. The Kier molecular flexibility index (Phi) is 4.07. The summed E-state index contributed by atoms with van der Waals surface area (Å²) in [5.74, 6) is 0. The molecule has 0 N–H and O–H groups in total. The van der Waals surface area contributed by atoms with Crippen LogP contribution in [0.25, 0.3) is 22.3 Å². The van der Waals surface area contributed by atoms with Crippen molar-refractivity contribution in [2.24, 2.45) is 15.2 Å². The first-order valence-corrected chi connectivity index (χ1v) is 9.07. The molecule has 132 valence electrons. The topological polar surface area (TPSA) is 50.0 Å². The van der Waals surface area contributed by atoms with E-state index in [1.165, 1.54) is 5.56 Å². The SMILES string of the molecule is C(=Nc1ccc(-c2ccc(-c3ccc4cc3N=N4)cc2)cc1)c1ccccn1. The van der Waals surface area contributed by atoms with Gasteiger partial charge in [0, 0.05) is 11.8 Å². The van der Waals surface area contributed by atoms with Crippen molar-refractivity contribution in [2.75, 3.05) is 0 Å². The summed E-state index contributed by atoms with van der Waals surface area (Å²) >= 11 is 0. The standard InChI is InChI=1S/C24H16N4/c1-2-14-25-22(3-1)16-26-20-10-8-18(9-11-20)17-4-6-19(7-5-17)23-13-12-21-15-24(23)28-27-21/h1-16H. The number of hydrogen-bond acceptors (Lipinski definition) is 4. The molecule has 1 aliphatic heterocycles. The minimum absolute atomic E-state index is 0.845. The fourth-order valence-corrected chi connectivity index (χ4v) is 3.20. The molecule has 0 saturated heterocycles. The Bertz CT molecular complexity index is 1180. The number of rotatable bonds is 4. The average molecular weight is 360 g/mol. The van der Waals surface area contributed by atoms with Crippen LogP contribution in [0.2, 0.25) is 0 Å². The Morgan fingerprint density at radius 3 is 2.18 bits per heavy atom. The molecule has 0 saturated carbocycles. The average Bonchev–Trinajstić information content (AvgIpc) is 3.14. The van der Waals surface area contributed by atoms with Gasteiger partial charge in [-0.05, 0) is 59.2 Å². The van der Waals surface area contributed by atoms with Gasteiger partial charge in [0.25, 0.3) is 0 Å². The van der Waals surface area contributed by atoms with Crippen LogP contribution in [0.3, 0.4) is 0 Å². The van der Waals surface area contributed by atoms with E-state index in [1.807, 2.05) is 42.5 Å². The Hall–Kier alpha value is -3.92. The van der Waals surface area contributed by atoms with Crippen molar-refractivity contribution in [1.29, 1.82) is 0 Å². The molecule has 5 rings (SSSR count). The van der Waals surface area contributed by atoms with Gasteiger partial charge in [-0.2, -0.15) is 5.11 Å². The highest BCUT2D eigenvalue weighted by Gasteiger charge is 2.10. The largest absolute Gasteiger partial charge is 0.255 e. The lowest BCUT2D eigenvalue weighted by Crippen LogP contribution is -1.84. The van der Waals surface area contributed by atoms with Crippen LogP contribution in [0.4, 0.5) is 17.1 Å². The Morgan fingerprint density at radius 1 is 0.679 bits per heavy atom. The van der Waals surface area contributed by atoms with E-state index in [1.54, 1.807) is 12.4 Å². The van der Waals surface area contributed by atoms with Gasteiger partial charge in [-0.25, -0.2) is 0 Å². The van der Waals surface area contributed by atoms with Crippen molar-refractivity contribution in [3.05, 3.63) is 96.8 Å². The first-order valence-electron chi connectivity index (χ1n) is 9.07. The summed E-state index contributed by atoms with van der Waals surface area (Å²) in [6.45, 7) is 0. The first kappa shape index (κ1) is 16.3. The second kappa shape index (κ2) is 7.00. The van der Waals surface area contributed by atoms with E-state index < -0.39 is 0 Å². The molecule has 0 atom stereocenters. The lowest BCUT2D eigenvalue weighted by molar-refractivity contribution is 1.30. The first-order chi connectivity index (χ1) is 13.8. The molecule has 4 aromatic rings. The Balaban J connectivity index is 1.35.